The van der Waals surface area contributed by atoms with Crippen LogP contribution in [0.1, 0.15) is 10.4 Å². The first-order chi connectivity index (χ1) is 10.9. The number of anilines is 1. The Bertz CT molecular complexity index is 798. The number of hydrogen-bond acceptors (Lipinski definition) is 5. The van der Waals surface area contributed by atoms with Gasteiger partial charge in [0.2, 0.25) is 0 Å². The zero-order chi connectivity index (χ0) is 16.9. The second-order valence-corrected chi connectivity index (χ2v) is 6.80. The van der Waals surface area contributed by atoms with Crippen molar-refractivity contribution in [3.63, 3.8) is 0 Å². The van der Waals surface area contributed by atoms with Crippen molar-refractivity contribution >= 4 is 27.4 Å². The van der Waals surface area contributed by atoms with Gasteiger partial charge in [0.15, 0.2) is 16.4 Å². The van der Waals surface area contributed by atoms with Crippen LogP contribution in [0, 0.1) is 0 Å². The fraction of sp³-hybridized carbons (Fsp3) is 0.125. The van der Waals surface area contributed by atoms with Crippen molar-refractivity contribution in [2.75, 3.05) is 18.2 Å². The minimum absolute atomic E-state index is 0.107. The molecule has 0 saturated heterocycles. The van der Waals surface area contributed by atoms with E-state index in [0.717, 1.165) is 6.26 Å². The van der Waals surface area contributed by atoms with Gasteiger partial charge in [0.05, 0.1) is 10.5 Å². The summed E-state index contributed by atoms with van der Waals surface area (Å²) in [5.41, 5.74) is 0.774. The largest absolute Gasteiger partial charge is 0.452 e. The fourth-order valence-electron chi connectivity index (χ4n) is 1.77. The Morgan fingerprint density at radius 1 is 1.00 bits per heavy atom. The number of esters is 1. The first kappa shape index (κ1) is 16.7. The molecule has 23 heavy (non-hydrogen) atoms. The van der Waals surface area contributed by atoms with Crippen molar-refractivity contribution in [3.05, 3.63) is 60.2 Å². The van der Waals surface area contributed by atoms with Crippen LogP contribution in [0.15, 0.2) is 59.5 Å². The third kappa shape index (κ3) is 4.93. The SMILES string of the molecule is CS(=O)(=O)c1ccc(C(=O)OCC(=O)Nc2ccccc2)cc1. The van der Waals surface area contributed by atoms with Gasteiger partial charge in [0.25, 0.3) is 5.91 Å². The summed E-state index contributed by atoms with van der Waals surface area (Å²) in [6.45, 7) is -0.429. The van der Waals surface area contributed by atoms with Crippen LogP contribution in [0.3, 0.4) is 0 Å². The Kier molecular flexibility index (Phi) is 5.13. The third-order valence-corrected chi connectivity index (χ3v) is 4.04. The van der Waals surface area contributed by atoms with E-state index < -0.39 is 28.3 Å². The van der Waals surface area contributed by atoms with Crippen molar-refractivity contribution in [1.82, 2.24) is 0 Å². The number of para-hydroxylation sites is 1. The van der Waals surface area contributed by atoms with Gasteiger partial charge in [-0.15, -0.1) is 0 Å². The van der Waals surface area contributed by atoms with E-state index >= 15 is 0 Å². The molecule has 1 amide bonds. The van der Waals surface area contributed by atoms with Crippen LogP contribution in [0.5, 0.6) is 0 Å². The first-order valence-corrected chi connectivity index (χ1v) is 8.57. The molecule has 2 aromatic carbocycles. The average molecular weight is 333 g/mol. The molecule has 0 aromatic heterocycles. The number of sulfone groups is 1. The molecule has 2 aromatic rings. The van der Waals surface area contributed by atoms with E-state index in [1.807, 2.05) is 6.07 Å². The molecule has 0 aliphatic carbocycles. The van der Waals surface area contributed by atoms with E-state index in [9.17, 15) is 18.0 Å². The summed E-state index contributed by atoms with van der Waals surface area (Å²) in [6, 6.07) is 14.1. The summed E-state index contributed by atoms with van der Waals surface area (Å²) in [7, 11) is -3.32. The lowest BCUT2D eigenvalue weighted by Crippen LogP contribution is -2.20. The van der Waals surface area contributed by atoms with E-state index in [2.05, 4.69) is 5.32 Å². The highest BCUT2D eigenvalue weighted by atomic mass is 32.2. The van der Waals surface area contributed by atoms with Crippen LogP contribution < -0.4 is 5.32 Å². The van der Waals surface area contributed by atoms with E-state index in [1.54, 1.807) is 24.3 Å². The van der Waals surface area contributed by atoms with Crippen LogP contribution in [-0.4, -0.2) is 33.2 Å². The highest BCUT2D eigenvalue weighted by Crippen LogP contribution is 2.11. The Morgan fingerprint density at radius 2 is 1.61 bits per heavy atom. The predicted molar refractivity (Wildman–Crippen MR) is 84.9 cm³/mol. The number of ether oxygens (including phenoxy) is 1. The standard InChI is InChI=1S/C16H15NO5S/c1-23(20,21)14-9-7-12(8-10-14)16(19)22-11-15(18)17-13-5-3-2-4-6-13/h2-10H,11H2,1H3,(H,17,18). The van der Waals surface area contributed by atoms with Crippen LogP contribution in [0.2, 0.25) is 0 Å². The van der Waals surface area contributed by atoms with E-state index in [1.165, 1.54) is 24.3 Å². The molecule has 0 unspecified atom stereocenters. The molecule has 0 radical (unpaired) electrons. The lowest BCUT2D eigenvalue weighted by atomic mass is 10.2. The zero-order valence-electron chi connectivity index (χ0n) is 12.4. The van der Waals surface area contributed by atoms with Crippen LogP contribution in [-0.2, 0) is 19.4 Å². The van der Waals surface area contributed by atoms with Crippen LogP contribution >= 0.6 is 0 Å². The van der Waals surface area contributed by atoms with Crippen molar-refractivity contribution in [1.29, 1.82) is 0 Å². The molecule has 0 spiro atoms. The minimum Gasteiger partial charge on any atom is -0.452 e. The number of nitrogens with one attached hydrogen (secondary N) is 1. The molecule has 0 bridgehead atoms. The monoisotopic (exact) mass is 333 g/mol. The highest BCUT2D eigenvalue weighted by Gasteiger charge is 2.12. The van der Waals surface area contributed by atoms with Crippen LogP contribution in [0.25, 0.3) is 0 Å². The Hall–Kier alpha value is -2.67. The summed E-state index contributed by atoms with van der Waals surface area (Å²) >= 11 is 0. The van der Waals surface area contributed by atoms with Crippen molar-refractivity contribution < 1.29 is 22.7 Å². The zero-order valence-corrected chi connectivity index (χ0v) is 13.2. The van der Waals surface area contributed by atoms with Gasteiger partial charge in [-0.05, 0) is 36.4 Å². The maximum atomic E-state index is 11.8. The smallest absolute Gasteiger partial charge is 0.338 e. The minimum atomic E-state index is -3.32. The lowest BCUT2D eigenvalue weighted by Gasteiger charge is -2.07. The molecular weight excluding hydrogens is 318 g/mol. The van der Waals surface area contributed by atoms with Gasteiger partial charge in [-0.2, -0.15) is 0 Å². The van der Waals surface area contributed by atoms with Gasteiger partial charge in [0, 0.05) is 11.9 Å². The lowest BCUT2D eigenvalue weighted by molar-refractivity contribution is -0.119. The molecule has 6 nitrogen and oxygen atoms in total. The summed E-state index contributed by atoms with van der Waals surface area (Å²) in [4.78, 5) is 23.6. The molecule has 0 aliphatic heterocycles. The molecule has 7 heteroatoms. The van der Waals surface area contributed by atoms with Crippen molar-refractivity contribution in [3.8, 4) is 0 Å². The van der Waals surface area contributed by atoms with E-state index in [4.69, 9.17) is 4.74 Å². The number of amides is 1. The number of carbonyl (C=O) groups excluding carboxylic acids is 2. The van der Waals surface area contributed by atoms with Gasteiger partial charge in [-0.25, -0.2) is 13.2 Å². The maximum absolute atomic E-state index is 11.8. The molecular formula is C16H15NO5S. The Labute approximate surface area is 134 Å². The number of benzene rings is 2. The Balaban J connectivity index is 1.91. The third-order valence-electron chi connectivity index (χ3n) is 2.91. The Morgan fingerprint density at radius 3 is 2.17 bits per heavy atom. The summed E-state index contributed by atoms with van der Waals surface area (Å²) < 4.78 is 27.6. The van der Waals surface area contributed by atoms with Gasteiger partial charge in [-0.3, -0.25) is 4.79 Å². The molecule has 2 rings (SSSR count). The average Bonchev–Trinajstić information content (AvgIpc) is 2.53. The molecule has 0 heterocycles. The quantitative estimate of drug-likeness (QED) is 0.844. The number of carbonyl (C=O) groups is 2. The summed E-state index contributed by atoms with van der Waals surface area (Å²) in [5, 5.41) is 2.58. The highest BCUT2D eigenvalue weighted by molar-refractivity contribution is 7.90. The van der Waals surface area contributed by atoms with Gasteiger partial charge in [0.1, 0.15) is 0 Å². The molecule has 1 N–H and O–H groups in total. The number of hydrogen-bond donors (Lipinski definition) is 1. The molecule has 0 saturated carbocycles. The van der Waals surface area contributed by atoms with Gasteiger partial charge in [-0.1, -0.05) is 18.2 Å². The second kappa shape index (κ2) is 7.06. The topological polar surface area (TPSA) is 89.5 Å². The maximum Gasteiger partial charge on any atom is 0.338 e. The van der Waals surface area contributed by atoms with Gasteiger partial charge < -0.3 is 10.1 Å². The normalized spacial score (nSPS) is 10.8. The fourth-order valence-corrected chi connectivity index (χ4v) is 2.40. The molecule has 0 atom stereocenters. The van der Waals surface area contributed by atoms with Gasteiger partial charge >= 0.3 is 5.97 Å². The second-order valence-electron chi connectivity index (χ2n) is 4.79. The number of rotatable bonds is 5. The first-order valence-electron chi connectivity index (χ1n) is 6.68. The van der Waals surface area contributed by atoms with E-state index in [0.29, 0.717) is 5.69 Å². The molecule has 0 aliphatic rings. The van der Waals surface area contributed by atoms with E-state index in [-0.39, 0.29) is 10.5 Å². The van der Waals surface area contributed by atoms with Crippen molar-refractivity contribution in [2.45, 2.75) is 4.90 Å². The van der Waals surface area contributed by atoms with Crippen molar-refractivity contribution in [2.24, 2.45) is 0 Å². The van der Waals surface area contributed by atoms with Crippen LogP contribution in [0.4, 0.5) is 5.69 Å². The summed E-state index contributed by atoms with van der Waals surface area (Å²) in [6.07, 6.45) is 1.08. The predicted octanol–water partition coefficient (Wildman–Crippen LogP) is 1.89. The molecule has 120 valence electrons. The molecule has 0 fully saturated rings. The summed E-state index contributed by atoms with van der Waals surface area (Å²) in [5.74, 6) is -1.16.